The third-order valence-corrected chi connectivity index (χ3v) is 4.17. The minimum absolute atomic E-state index is 0.197. The van der Waals surface area contributed by atoms with E-state index in [4.69, 9.17) is 0 Å². The summed E-state index contributed by atoms with van der Waals surface area (Å²) in [6.07, 6.45) is 2.93. The predicted octanol–water partition coefficient (Wildman–Crippen LogP) is 3.14. The lowest BCUT2D eigenvalue weighted by molar-refractivity contribution is -0.119. The van der Waals surface area contributed by atoms with Gasteiger partial charge in [0.25, 0.3) is 0 Å². The first-order valence-electron chi connectivity index (χ1n) is 6.17. The molecule has 3 heteroatoms. The van der Waals surface area contributed by atoms with Crippen LogP contribution in [0.1, 0.15) is 26.2 Å². The van der Waals surface area contributed by atoms with E-state index in [-0.39, 0.29) is 11.3 Å². The van der Waals surface area contributed by atoms with Crippen LogP contribution in [0.4, 0.5) is 5.69 Å². The van der Waals surface area contributed by atoms with Crippen LogP contribution in [0.25, 0.3) is 0 Å². The molecule has 2 nitrogen and oxygen atoms in total. The smallest absolute Gasteiger partial charge is 0.227 e. The monoisotopic (exact) mass is 249 g/mol. The number of anilines is 1. The number of benzene rings is 1. The quantitative estimate of drug-likeness (QED) is 0.795. The van der Waals surface area contributed by atoms with Gasteiger partial charge in [-0.1, -0.05) is 18.2 Å². The highest BCUT2D eigenvalue weighted by molar-refractivity contribution is 7.80. The second kappa shape index (κ2) is 5.13. The molecule has 17 heavy (non-hydrogen) atoms. The number of rotatable bonds is 5. The van der Waals surface area contributed by atoms with E-state index >= 15 is 0 Å². The molecule has 0 saturated heterocycles. The highest BCUT2D eigenvalue weighted by Crippen LogP contribution is 2.50. The van der Waals surface area contributed by atoms with Crippen molar-refractivity contribution in [2.45, 2.75) is 26.2 Å². The fourth-order valence-corrected chi connectivity index (χ4v) is 2.52. The van der Waals surface area contributed by atoms with Crippen molar-refractivity contribution in [1.82, 2.24) is 0 Å². The molecule has 0 aromatic heterocycles. The number of carbonyl (C=O) groups excluding carboxylic acids is 1. The van der Waals surface area contributed by atoms with E-state index in [1.54, 1.807) is 0 Å². The van der Waals surface area contributed by atoms with E-state index < -0.39 is 0 Å². The van der Waals surface area contributed by atoms with E-state index in [9.17, 15) is 4.79 Å². The predicted molar refractivity (Wildman–Crippen MR) is 74.6 cm³/mol. The molecule has 0 N–H and O–H groups in total. The van der Waals surface area contributed by atoms with Gasteiger partial charge in [-0.05, 0) is 43.1 Å². The molecule has 92 valence electrons. The van der Waals surface area contributed by atoms with Crippen LogP contribution in [0.3, 0.4) is 0 Å². The Bertz CT molecular complexity index is 386. The molecular formula is C14H19NOS. The van der Waals surface area contributed by atoms with Crippen molar-refractivity contribution in [2.75, 3.05) is 17.2 Å². The molecule has 1 aliphatic rings. The van der Waals surface area contributed by atoms with Crippen LogP contribution in [-0.2, 0) is 4.79 Å². The van der Waals surface area contributed by atoms with Crippen molar-refractivity contribution >= 4 is 24.2 Å². The van der Waals surface area contributed by atoms with Gasteiger partial charge in [0.2, 0.25) is 5.91 Å². The molecule has 1 aromatic carbocycles. The number of para-hydroxylation sites is 1. The summed E-state index contributed by atoms with van der Waals surface area (Å²) in [4.78, 5) is 14.1. The maximum atomic E-state index is 12.3. The van der Waals surface area contributed by atoms with Gasteiger partial charge < -0.3 is 4.90 Å². The number of amides is 1. The van der Waals surface area contributed by atoms with Gasteiger partial charge in [-0.3, -0.25) is 4.79 Å². The molecule has 0 aliphatic heterocycles. The van der Waals surface area contributed by atoms with E-state index in [2.05, 4.69) is 12.6 Å². The Morgan fingerprint density at radius 1 is 1.35 bits per heavy atom. The number of carbonyl (C=O) groups is 1. The van der Waals surface area contributed by atoms with Crippen LogP contribution < -0.4 is 4.90 Å². The third kappa shape index (κ3) is 2.83. The molecule has 1 aromatic rings. The first kappa shape index (κ1) is 12.5. The van der Waals surface area contributed by atoms with Gasteiger partial charge in [-0.25, -0.2) is 0 Å². The zero-order chi connectivity index (χ0) is 12.3. The first-order chi connectivity index (χ1) is 8.21. The third-order valence-electron chi connectivity index (χ3n) is 3.50. The summed E-state index contributed by atoms with van der Waals surface area (Å²) in [6, 6.07) is 9.88. The van der Waals surface area contributed by atoms with E-state index in [1.807, 2.05) is 42.2 Å². The summed E-state index contributed by atoms with van der Waals surface area (Å²) in [7, 11) is 0. The van der Waals surface area contributed by atoms with Gasteiger partial charge in [-0.15, -0.1) is 0 Å². The van der Waals surface area contributed by atoms with Gasteiger partial charge in [0.05, 0.1) is 0 Å². The highest BCUT2D eigenvalue weighted by Gasteiger charge is 2.43. The standard InChI is InChI=1S/C14H19NOS/c1-2-15(12-6-4-3-5-7-12)13(16)10-14(11-17)8-9-14/h3-7,17H,2,8-11H2,1H3. The van der Waals surface area contributed by atoms with Crippen LogP contribution in [0.2, 0.25) is 0 Å². The molecular weight excluding hydrogens is 230 g/mol. The Balaban J connectivity index is 2.06. The molecule has 0 radical (unpaired) electrons. The van der Waals surface area contributed by atoms with Crippen molar-refractivity contribution < 1.29 is 4.79 Å². The average Bonchev–Trinajstić information content (AvgIpc) is 3.12. The highest BCUT2D eigenvalue weighted by atomic mass is 32.1. The van der Waals surface area contributed by atoms with Gasteiger partial charge >= 0.3 is 0 Å². The van der Waals surface area contributed by atoms with Gasteiger partial charge in [0, 0.05) is 18.7 Å². The van der Waals surface area contributed by atoms with E-state index in [0.717, 1.165) is 30.8 Å². The van der Waals surface area contributed by atoms with Gasteiger partial charge in [-0.2, -0.15) is 12.6 Å². The van der Waals surface area contributed by atoms with E-state index in [0.29, 0.717) is 6.42 Å². The number of hydrogen-bond donors (Lipinski definition) is 1. The maximum Gasteiger partial charge on any atom is 0.227 e. The minimum atomic E-state index is 0.197. The molecule has 1 aliphatic carbocycles. The lowest BCUT2D eigenvalue weighted by atomic mass is 10.0. The van der Waals surface area contributed by atoms with Crippen molar-refractivity contribution in [1.29, 1.82) is 0 Å². The Hall–Kier alpha value is -0.960. The Kier molecular flexibility index (Phi) is 3.77. The number of hydrogen-bond acceptors (Lipinski definition) is 2. The molecule has 1 saturated carbocycles. The van der Waals surface area contributed by atoms with Crippen LogP contribution in [0.5, 0.6) is 0 Å². The summed E-state index contributed by atoms with van der Waals surface area (Å²) in [6.45, 7) is 2.75. The number of thiol groups is 1. The lowest BCUT2D eigenvalue weighted by Crippen LogP contribution is -2.32. The minimum Gasteiger partial charge on any atom is -0.313 e. The molecule has 0 bridgehead atoms. The zero-order valence-electron chi connectivity index (χ0n) is 10.2. The van der Waals surface area contributed by atoms with Crippen molar-refractivity contribution in [3.05, 3.63) is 30.3 Å². The fourth-order valence-electron chi connectivity index (χ4n) is 2.09. The lowest BCUT2D eigenvalue weighted by Gasteiger charge is -2.23. The summed E-state index contributed by atoms with van der Waals surface area (Å²) in [5.74, 6) is 1.05. The topological polar surface area (TPSA) is 20.3 Å². The second-order valence-corrected chi connectivity index (χ2v) is 5.12. The average molecular weight is 249 g/mol. The van der Waals surface area contributed by atoms with Crippen LogP contribution >= 0.6 is 12.6 Å². The summed E-state index contributed by atoms with van der Waals surface area (Å²) in [5, 5.41) is 0. The van der Waals surface area contributed by atoms with Gasteiger partial charge in [0.15, 0.2) is 0 Å². The van der Waals surface area contributed by atoms with Crippen LogP contribution in [-0.4, -0.2) is 18.2 Å². The van der Waals surface area contributed by atoms with Crippen molar-refractivity contribution in [2.24, 2.45) is 5.41 Å². The van der Waals surface area contributed by atoms with Crippen molar-refractivity contribution in [3.8, 4) is 0 Å². The molecule has 1 amide bonds. The zero-order valence-corrected chi connectivity index (χ0v) is 11.1. The Labute approximate surface area is 108 Å². The summed E-state index contributed by atoms with van der Waals surface area (Å²) < 4.78 is 0. The molecule has 1 fully saturated rings. The van der Waals surface area contributed by atoms with E-state index in [1.165, 1.54) is 0 Å². The van der Waals surface area contributed by atoms with Crippen LogP contribution in [0, 0.1) is 5.41 Å². The largest absolute Gasteiger partial charge is 0.313 e. The normalized spacial score (nSPS) is 16.6. The molecule has 0 heterocycles. The SMILES string of the molecule is CCN(C(=O)CC1(CS)CC1)c1ccccc1. The molecule has 0 spiro atoms. The first-order valence-corrected chi connectivity index (χ1v) is 6.80. The van der Waals surface area contributed by atoms with Crippen LogP contribution in [0.15, 0.2) is 30.3 Å². The Morgan fingerprint density at radius 3 is 2.47 bits per heavy atom. The molecule has 0 atom stereocenters. The van der Waals surface area contributed by atoms with Crippen molar-refractivity contribution in [3.63, 3.8) is 0 Å². The molecule has 2 rings (SSSR count). The summed E-state index contributed by atoms with van der Waals surface area (Å²) in [5.41, 5.74) is 1.19. The maximum absolute atomic E-state index is 12.3. The number of nitrogens with zero attached hydrogens (tertiary/aromatic N) is 1. The van der Waals surface area contributed by atoms with Gasteiger partial charge in [0.1, 0.15) is 0 Å². The summed E-state index contributed by atoms with van der Waals surface area (Å²) >= 11 is 4.35. The second-order valence-electron chi connectivity index (χ2n) is 4.81. The Morgan fingerprint density at radius 2 is 2.00 bits per heavy atom. The molecule has 0 unspecified atom stereocenters. The fraction of sp³-hybridized carbons (Fsp3) is 0.500.